The monoisotopic (exact) mass is 320 g/mol. The Morgan fingerprint density at radius 1 is 1.08 bits per heavy atom. The lowest BCUT2D eigenvalue weighted by molar-refractivity contribution is -0.255. The number of aromatic nitrogens is 1. The van der Waals surface area contributed by atoms with Crippen molar-refractivity contribution in [2.75, 3.05) is 24.3 Å². The van der Waals surface area contributed by atoms with Gasteiger partial charge in [0.25, 0.3) is 0 Å². The van der Waals surface area contributed by atoms with Crippen molar-refractivity contribution in [3.63, 3.8) is 0 Å². The lowest BCUT2D eigenvalue weighted by atomic mass is 10.1. The molecule has 0 saturated heterocycles. The fraction of sp³-hybridized carbons (Fsp3) is 0.158. The fourth-order valence-corrected chi connectivity index (χ4v) is 2.59. The lowest BCUT2D eigenvalue weighted by Crippen LogP contribution is -2.22. The summed E-state index contributed by atoms with van der Waals surface area (Å²) < 4.78 is 0. The number of aryl methyl sites for hydroxylation is 1. The average Bonchev–Trinajstić information content (AvgIpc) is 2.54. The Bertz CT molecular complexity index is 902. The van der Waals surface area contributed by atoms with Crippen LogP contribution < -0.4 is 15.3 Å². The third kappa shape index (κ3) is 3.15. The maximum atomic E-state index is 11.0. The Morgan fingerprint density at radius 2 is 1.79 bits per heavy atom. The van der Waals surface area contributed by atoms with Crippen molar-refractivity contribution in [2.24, 2.45) is 0 Å². The van der Waals surface area contributed by atoms with E-state index in [1.165, 1.54) is 12.1 Å². The van der Waals surface area contributed by atoms with Gasteiger partial charge >= 0.3 is 0 Å². The van der Waals surface area contributed by atoms with Gasteiger partial charge in [0.15, 0.2) is 0 Å². The normalized spacial score (nSPS) is 10.6. The van der Waals surface area contributed by atoms with Crippen LogP contribution in [-0.2, 0) is 0 Å². The lowest BCUT2D eigenvalue weighted by Gasteiger charge is -2.15. The Balaban J connectivity index is 2.00. The average molecular weight is 320 g/mol. The van der Waals surface area contributed by atoms with Gasteiger partial charge in [-0.1, -0.05) is 12.1 Å². The van der Waals surface area contributed by atoms with Gasteiger partial charge in [0, 0.05) is 42.2 Å². The number of hydrogen-bond donors (Lipinski definition) is 1. The van der Waals surface area contributed by atoms with Crippen molar-refractivity contribution in [1.82, 2.24) is 4.98 Å². The molecule has 2 aromatic carbocycles. The number of carboxylic acid groups (broad SMARTS) is 1. The van der Waals surface area contributed by atoms with Gasteiger partial charge in [-0.15, -0.1) is 0 Å². The van der Waals surface area contributed by atoms with Crippen LogP contribution in [-0.4, -0.2) is 25.0 Å². The summed E-state index contributed by atoms with van der Waals surface area (Å²) in [7, 11) is 3.99. The molecule has 5 heteroatoms. The van der Waals surface area contributed by atoms with Crippen molar-refractivity contribution < 1.29 is 9.90 Å². The summed E-state index contributed by atoms with van der Waals surface area (Å²) in [6, 6.07) is 14.9. The summed E-state index contributed by atoms with van der Waals surface area (Å²) in [6.07, 6.45) is 0. The van der Waals surface area contributed by atoms with E-state index in [4.69, 9.17) is 0 Å². The Kier molecular flexibility index (Phi) is 4.08. The van der Waals surface area contributed by atoms with E-state index in [9.17, 15) is 9.90 Å². The highest BCUT2D eigenvalue weighted by molar-refractivity contribution is 5.98. The second kappa shape index (κ2) is 6.20. The van der Waals surface area contributed by atoms with E-state index in [1.54, 1.807) is 6.07 Å². The van der Waals surface area contributed by atoms with Crippen molar-refractivity contribution in [3.8, 4) is 0 Å². The van der Waals surface area contributed by atoms with Gasteiger partial charge < -0.3 is 20.1 Å². The molecule has 3 rings (SSSR count). The Hall–Kier alpha value is -3.08. The van der Waals surface area contributed by atoms with E-state index in [0.29, 0.717) is 5.52 Å². The molecule has 0 fully saturated rings. The maximum Gasteiger partial charge on any atom is 0.0732 e. The highest BCUT2D eigenvalue weighted by Gasteiger charge is 2.07. The molecule has 3 aromatic rings. The number of carboxylic acids is 1. The summed E-state index contributed by atoms with van der Waals surface area (Å²) in [5, 5.41) is 15.3. The first-order chi connectivity index (χ1) is 11.4. The molecule has 0 aliphatic carbocycles. The minimum absolute atomic E-state index is 0.127. The molecule has 0 amide bonds. The summed E-state index contributed by atoms with van der Waals surface area (Å²) in [6.45, 7) is 1.88. The molecule has 1 N–H and O–H groups in total. The standard InChI is InChI=1S/C19H19N3O2/c1-12-10-17(21-14-5-7-15(8-6-14)22(2)3)16-9-4-13(19(23)24)11-18(16)20-12/h4-11H,1-3H3,(H,20,21)(H,23,24)/p-1. The Labute approximate surface area is 140 Å². The summed E-state index contributed by atoms with van der Waals surface area (Å²) in [4.78, 5) is 17.5. The third-order valence-corrected chi connectivity index (χ3v) is 3.84. The van der Waals surface area contributed by atoms with Gasteiger partial charge in [-0.2, -0.15) is 0 Å². The minimum atomic E-state index is -1.20. The summed E-state index contributed by atoms with van der Waals surface area (Å²) >= 11 is 0. The van der Waals surface area contributed by atoms with E-state index in [1.807, 2.05) is 56.3 Å². The summed E-state index contributed by atoms with van der Waals surface area (Å²) in [5.74, 6) is -1.20. The van der Waals surface area contributed by atoms with Crippen LogP contribution in [0.25, 0.3) is 10.9 Å². The van der Waals surface area contributed by atoms with Crippen LogP contribution in [0.2, 0.25) is 0 Å². The van der Waals surface area contributed by atoms with Crippen molar-refractivity contribution in [2.45, 2.75) is 6.92 Å². The van der Waals surface area contributed by atoms with Crippen LogP contribution in [0.15, 0.2) is 48.5 Å². The number of carbonyl (C=O) groups excluding carboxylic acids is 1. The molecule has 24 heavy (non-hydrogen) atoms. The van der Waals surface area contributed by atoms with E-state index in [0.717, 1.165) is 28.1 Å². The first-order valence-electron chi connectivity index (χ1n) is 7.61. The largest absolute Gasteiger partial charge is 0.545 e. The molecule has 1 heterocycles. The molecule has 0 bridgehead atoms. The minimum Gasteiger partial charge on any atom is -0.545 e. The number of fused-ring (bicyclic) bond motifs is 1. The van der Waals surface area contributed by atoms with Crippen molar-refractivity contribution >= 4 is 33.9 Å². The van der Waals surface area contributed by atoms with Crippen LogP contribution in [0, 0.1) is 6.92 Å². The number of nitrogens with one attached hydrogen (secondary N) is 1. The fourth-order valence-electron chi connectivity index (χ4n) is 2.59. The van der Waals surface area contributed by atoms with Crippen LogP contribution in [0.4, 0.5) is 17.1 Å². The smallest absolute Gasteiger partial charge is 0.0732 e. The number of carbonyl (C=O) groups is 1. The van der Waals surface area contributed by atoms with Gasteiger partial charge in [-0.25, -0.2) is 0 Å². The zero-order valence-electron chi connectivity index (χ0n) is 13.8. The molecular weight excluding hydrogens is 302 g/mol. The maximum absolute atomic E-state index is 11.0. The summed E-state index contributed by atoms with van der Waals surface area (Å²) in [5.41, 5.74) is 4.53. The molecule has 0 radical (unpaired) electrons. The number of nitrogens with zero attached hydrogens (tertiary/aromatic N) is 2. The predicted octanol–water partition coefficient (Wildman–Crippen LogP) is 2.72. The van der Waals surface area contributed by atoms with E-state index in [-0.39, 0.29) is 5.56 Å². The zero-order chi connectivity index (χ0) is 17.3. The molecule has 1 aromatic heterocycles. The molecule has 0 aliphatic rings. The van der Waals surface area contributed by atoms with Gasteiger partial charge in [0.05, 0.1) is 11.5 Å². The van der Waals surface area contributed by atoms with E-state index >= 15 is 0 Å². The number of aromatic carboxylic acids is 1. The molecule has 0 saturated carbocycles. The van der Waals surface area contributed by atoms with Gasteiger partial charge in [-0.05, 0) is 48.9 Å². The third-order valence-electron chi connectivity index (χ3n) is 3.84. The number of anilines is 3. The topological polar surface area (TPSA) is 68.3 Å². The quantitative estimate of drug-likeness (QED) is 0.800. The van der Waals surface area contributed by atoms with Gasteiger partial charge in [-0.3, -0.25) is 4.98 Å². The molecule has 5 nitrogen and oxygen atoms in total. The van der Waals surface area contributed by atoms with Gasteiger partial charge in [0.1, 0.15) is 0 Å². The first kappa shape index (κ1) is 15.8. The van der Waals surface area contributed by atoms with Crippen LogP contribution in [0.3, 0.4) is 0 Å². The second-order valence-electron chi connectivity index (χ2n) is 5.90. The van der Waals surface area contributed by atoms with Crippen molar-refractivity contribution in [1.29, 1.82) is 0 Å². The number of pyridine rings is 1. The molecule has 0 unspecified atom stereocenters. The molecule has 122 valence electrons. The number of benzene rings is 2. The number of rotatable bonds is 4. The predicted molar refractivity (Wildman–Crippen MR) is 94.9 cm³/mol. The van der Waals surface area contributed by atoms with Crippen LogP contribution >= 0.6 is 0 Å². The zero-order valence-corrected chi connectivity index (χ0v) is 13.8. The van der Waals surface area contributed by atoms with Crippen LogP contribution in [0.5, 0.6) is 0 Å². The van der Waals surface area contributed by atoms with E-state index in [2.05, 4.69) is 10.3 Å². The second-order valence-corrected chi connectivity index (χ2v) is 5.90. The first-order valence-corrected chi connectivity index (χ1v) is 7.61. The SMILES string of the molecule is Cc1cc(Nc2ccc(N(C)C)cc2)c2ccc(C(=O)[O-])cc2n1. The van der Waals surface area contributed by atoms with Crippen molar-refractivity contribution in [3.05, 3.63) is 59.8 Å². The van der Waals surface area contributed by atoms with Gasteiger partial charge in [0.2, 0.25) is 0 Å². The molecular formula is C19H18N3O2-. The molecule has 0 aliphatic heterocycles. The molecule has 0 atom stereocenters. The number of hydrogen-bond acceptors (Lipinski definition) is 5. The highest BCUT2D eigenvalue weighted by Crippen LogP contribution is 2.28. The van der Waals surface area contributed by atoms with E-state index < -0.39 is 5.97 Å². The molecule has 0 spiro atoms. The highest BCUT2D eigenvalue weighted by atomic mass is 16.4. The Morgan fingerprint density at radius 3 is 2.42 bits per heavy atom. The van der Waals surface area contributed by atoms with Crippen LogP contribution in [0.1, 0.15) is 16.1 Å².